The van der Waals surface area contributed by atoms with Crippen molar-refractivity contribution < 1.29 is 24.2 Å². The summed E-state index contributed by atoms with van der Waals surface area (Å²) >= 11 is 0. The van der Waals surface area contributed by atoms with E-state index >= 15 is 0 Å². The van der Waals surface area contributed by atoms with Gasteiger partial charge in [0.1, 0.15) is 5.60 Å². The normalized spacial score (nSPS) is 48.9. The molecule has 0 unspecified atom stereocenters. The van der Waals surface area contributed by atoms with Gasteiger partial charge in [0, 0.05) is 24.7 Å². The van der Waals surface area contributed by atoms with E-state index in [0.717, 1.165) is 38.5 Å². The zero-order valence-electron chi connectivity index (χ0n) is 16.8. The first-order chi connectivity index (χ1) is 12.5. The van der Waals surface area contributed by atoms with Crippen LogP contribution < -0.4 is 0 Å². The van der Waals surface area contributed by atoms with Crippen LogP contribution in [0.2, 0.25) is 0 Å². The maximum atomic E-state index is 12.5. The van der Waals surface area contributed by atoms with Gasteiger partial charge in [0.2, 0.25) is 0 Å². The molecule has 2 bridgehead atoms. The summed E-state index contributed by atoms with van der Waals surface area (Å²) in [5, 5.41) is 11.0. The van der Waals surface area contributed by atoms with Crippen molar-refractivity contribution in [1.82, 2.24) is 0 Å². The Hall–Kier alpha value is -1.36. The lowest BCUT2D eigenvalue weighted by atomic mass is 9.42. The van der Waals surface area contributed by atoms with Crippen molar-refractivity contribution in [3.63, 3.8) is 0 Å². The summed E-state index contributed by atoms with van der Waals surface area (Å²) in [7, 11) is 0. The van der Waals surface area contributed by atoms with Crippen LogP contribution in [0.5, 0.6) is 0 Å². The Bertz CT molecular complexity index is 701. The van der Waals surface area contributed by atoms with E-state index in [4.69, 9.17) is 9.47 Å². The average molecular weight is 376 g/mol. The molecule has 6 atom stereocenters. The minimum atomic E-state index is -1.11. The van der Waals surface area contributed by atoms with Gasteiger partial charge in [0.15, 0.2) is 0 Å². The van der Waals surface area contributed by atoms with Crippen LogP contribution in [0.25, 0.3) is 0 Å². The second-order valence-corrected chi connectivity index (χ2v) is 10.1. The molecule has 0 aromatic heterocycles. The third-order valence-electron chi connectivity index (χ3n) is 8.54. The van der Waals surface area contributed by atoms with Crippen LogP contribution in [0, 0.1) is 22.7 Å². The number of esters is 2. The molecular weight excluding hydrogens is 344 g/mol. The molecule has 1 heterocycles. The van der Waals surface area contributed by atoms with Gasteiger partial charge in [0.25, 0.3) is 0 Å². The van der Waals surface area contributed by atoms with Gasteiger partial charge in [-0.1, -0.05) is 26.8 Å². The third kappa shape index (κ3) is 2.60. The van der Waals surface area contributed by atoms with Gasteiger partial charge >= 0.3 is 11.9 Å². The summed E-state index contributed by atoms with van der Waals surface area (Å²) in [5.74, 6) is 0.00833. The number of rotatable bonds is 2. The first kappa shape index (κ1) is 19.0. The first-order valence-electron chi connectivity index (χ1n) is 10.3. The van der Waals surface area contributed by atoms with Gasteiger partial charge in [-0.25, -0.2) is 4.79 Å². The molecule has 4 rings (SSSR count). The Morgan fingerprint density at radius 2 is 1.93 bits per heavy atom. The molecule has 0 radical (unpaired) electrons. The summed E-state index contributed by atoms with van der Waals surface area (Å²) in [6.45, 7) is 10.3. The van der Waals surface area contributed by atoms with E-state index in [1.165, 1.54) is 6.92 Å². The molecule has 1 aliphatic heterocycles. The van der Waals surface area contributed by atoms with Crippen molar-refractivity contribution in [2.75, 3.05) is 6.61 Å². The molecule has 0 aromatic rings. The molecule has 5 nitrogen and oxygen atoms in total. The van der Waals surface area contributed by atoms with Crippen LogP contribution in [0.1, 0.15) is 72.1 Å². The number of hydrogen-bond acceptors (Lipinski definition) is 5. The minimum Gasteiger partial charge on any atom is -0.465 e. The number of carbonyl (C=O) groups excluding carboxylic acids is 2. The number of carbonyl (C=O) groups is 2. The number of fused-ring (bicyclic) bond motifs is 3. The van der Waals surface area contributed by atoms with E-state index in [1.807, 2.05) is 0 Å². The fourth-order valence-electron chi connectivity index (χ4n) is 7.34. The lowest BCUT2D eigenvalue weighted by Gasteiger charge is -2.66. The van der Waals surface area contributed by atoms with Gasteiger partial charge < -0.3 is 14.6 Å². The van der Waals surface area contributed by atoms with E-state index in [0.29, 0.717) is 25.4 Å². The first-order valence-corrected chi connectivity index (χ1v) is 10.3. The van der Waals surface area contributed by atoms with Crippen molar-refractivity contribution in [3.05, 3.63) is 12.2 Å². The Kier molecular flexibility index (Phi) is 4.09. The maximum Gasteiger partial charge on any atom is 0.336 e. The molecule has 3 saturated carbocycles. The maximum absolute atomic E-state index is 12.5. The van der Waals surface area contributed by atoms with Crippen LogP contribution in [-0.4, -0.2) is 34.9 Å². The zero-order valence-corrected chi connectivity index (χ0v) is 16.8. The molecule has 3 aliphatic carbocycles. The lowest BCUT2D eigenvalue weighted by molar-refractivity contribution is -0.249. The standard InChI is InChI=1S/C22H32O5/c1-14-18(24)27-22-11-7-16-19(3,13-26-15(2)23)8-5-9-20(16,4)17(22)6-10-21(14,25)12-22/h16-17,25H,1,5-13H2,2-4H3/t16-,17+,19+,20-,21-,22-/m1/s1. The molecule has 0 amide bonds. The van der Waals surface area contributed by atoms with Gasteiger partial charge in [-0.2, -0.15) is 0 Å². The van der Waals surface area contributed by atoms with E-state index < -0.39 is 17.2 Å². The topological polar surface area (TPSA) is 72.8 Å². The van der Waals surface area contributed by atoms with Crippen molar-refractivity contribution in [2.24, 2.45) is 22.7 Å². The molecule has 1 saturated heterocycles. The second-order valence-electron chi connectivity index (χ2n) is 10.1. The summed E-state index contributed by atoms with van der Waals surface area (Å²) in [5.41, 5.74) is -1.48. The Labute approximate surface area is 161 Å². The number of hydrogen-bond donors (Lipinski definition) is 1. The average Bonchev–Trinajstić information content (AvgIpc) is 2.57. The fraction of sp³-hybridized carbons (Fsp3) is 0.818. The van der Waals surface area contributed by atoms with Crippen molar-refractivity contribution >= 4 is 11.9 Å². The quantitative estimate of drug-likeness (QED) is 0.589. The molecule has 1 N–H and O–H groups in total. The predicted octanol–water partition coefficient (Wildman–Crippen LogP) is 3.54. The molecule has 4 aliphatic rings. The molecule has 4 fully saturated rings. The summed E-state index contributed by atoms with van der Waals surface area (Å²) < 4.78 is 11.5. The largest absolute Gasteiger partial charge is 0.465 e. The van der Waals surface area contributed by atoms with Crippen LogP contribution in [0.4, 0.5) is 0 Å². The van der Waals surface area contributed by atoms with Crippen molar-refractivity contribution in [3.8, 4) is 0 Å². The van der Waals surface area contributed by atoms with Crippen LogP contribution >= 0.6 is 0 Å². The molecule has 27 heavy (non-hydrogen) atoms. The zero-order chi connectivity index (χ0) is 19.7. The Morgan fingerprint density at radius 3 is 2.63 bits per heavy atom. The summed E-state index contributed by atoms with van der Waals surface area (Å²) in [6.07, 6.45) is 6.85. The summed E-state index contributed by atoms with van der Waals surface area (Å²) in [4.78, 5) is 23.9. The smallest absolute Gasteiger partial charge is 0.336 e. The minimum absolute atomic E-state index is 0.0195. The van der Waals surface area contributed by atoms with Crippen LogP contribution in [0.15, 0.2) is 12.2 Å². The van der Waals surface area contributed by atoms with Crippen molar-refractivity contribution in [2.45, 2.75) is 83.3 Å². The molecule has 5 heteroatoms. The highest BCUT2D eigenvalue weighted by Crippen LogP contribution is 2.67. The number of aliphatic hydroxyl groups is 1. The molecule has 0 aromatic carbocycles. The van der Waals surface area contributed by atoms with E-state index in [-0.39, 0.29) is 28.3 Å². The second kappa shape index (κ2) is 5.82. The highest BCUT2D eigenvalue weighted by atomic mass is 16.6. The van der Waals surface area contributed by atoms with Gasteiger partial charge in [0.05, 0.1) is 17.8 Å². The van der Waals surface area contributed by atoms with E-state index in [1.54, 1.807) is 0 Å². The molecular formula is C22H32O5. The monoisotopic (exact) mass is 376 g/mol. The third-order valence-corrected chi connectivity index (χ3v) is 8.54. The Balaban J connectivity index is 1.68. The van der Waals surface area contributed by atoms with Gasteiger partial charge in [-0.15, -0.1) is 0 Å². The van der Waals surface area contributed by atoms with Crippen LogP contribution in [0.3, 0.4) is 0 Å². The van der Waals surface area contributed by atoms with E-state index in [2.05, 4.69) is 20.4 Å². The molecule has 150 valence electrons. The van der Waals surface area contributed by atoms with Gasteiger partial charge in [-0.3, -0.25) is 4.79 Å². The highest BCUT2D eigenvalue weighted by molar-refractivity contribution is 5.91. The predicted molar refractivity (Wildman–Crippen MR) is 99.7 cm³/mol. The lowest BCUT2D eigenvalue weighted by Crippen LogP contribution is -2.67. The molecule has 1 spiro atoms. The van der Waals surface area contributed by atoms with Crippen LogP contribution in [-0.2, 0) is 19.1 Å². The SMILES string of the molecule is C=C1C(=O)O[C@@]23CC[C@@H]4[C@](C)(COC(C)=O)CCC[C@@]4(C)[C@@H]2CC[C@@]1(O)C3. The van der Waals surface area contributed by atoms with E-state index in [9.17, 15) is 14.7 Å². The summed E-state index contributed by atoms with van der Waals surface area (Å²) in [6, 6.07) is 0. The Morgan fingerprint density at radius 1 is 1.22 bits per heavy atom. The number of ether oxygens (including phenoxy) is 2. The highest BCUT2D eigenvalue weighted by Gasteiger charge is 2.67. The fourth-order valence-corrected chi connectivity index (χ4v) is 7.34. The van der Waals surface area contributed by atoms with Gasteiger partial charge in [-0.05, 0) is 49.9 Å². The van der Waals surface area contributed by atoms with Crippen molar-refractivity contribution in [1.29, 1.82) is 0 Å².